The molecule has 0 unspecified atom stereocenters. The van der Waals surface area contributed by atoms with Gasteiger partial charge in [0.15, 0.2) is 0 Å². The summed E-state index contributed by atoms with van der Waals surface area (Å²) in [6.45, 7) is 17.7. The van der Waals surface area contributed by atoms with E-state index < -0.39 is 0 Å². The number of hydrogen-bond acceptors (Lipinski definition) is 0. The van der Waals surface area contributed by atoms with Crippen molar-refractivity contribution in [1.82, 2.24) is 0 Å². The molecule has 8 rings (SSSR count). The highest BCUT2D eigenvalue weighted by atomic mass is 14.2. The molecule has 0 radical (unpaired) electrons. The summed E-state index contributed by atoms with van der Waals surface area (Å²) < 4.78 is 0. The van der Waals surface area contributed by atoms with Crippen LogP contribution in [0, 0.1) is 55.4 Å². The molecule has 0 heterocycles. The predicted molar refractivity (Wildman–Crippen MR) is 210 cm³/mol. The number of aryl methyl sites for hydroxylation is 8. The van der Waals surface area contributed by atoms with E-state index in [0.717, 1.165) is 0 Å². The zero-order valence-corrected chi connectivity index (χ0v) is 29.4. The quantitative estimate of drug-likeness (QED) is 0.172. The summed E-state index contributed by atoms with van der Waals surface area (Å²) in [7, 11) is 0. The third kappa shape index (κ3) is 4.74. The van der Waals surface area contributed by atoms with Crippen LogP contribution in [0.25, 0.3) is 76.8 Å². The molecule has 0 saturated carbocycles. The highest BCUT2D eigenvalue weighted by molar-refractivity contribution is 6.32. The van der Waals surface area contributed by atoms with Gasteiger partial charge < -0.3 is 0 Å². The molecule has 0 aliphatic carbocycles. The minimum Gasteiger partial charge on any atom is -0.0584 e. The Labute approximate surface area is 285 Å². The maximum Gasteiger partial charge on any atom is -0.00139 e. The van der Waals surface area contributed by atoms with Gasteiger partial charge in [0, 0.05) is 0 Å². The summed E-state index contributed by atoms with van der Waals surface area (Å²) in [6.07, 6.45) is 0. The molecule has 0 nitrogen and oxygen atoms in total. The van der Waals surface area contributed by atoms with Gasteiger partial charge in [0.2, 0.25) is 0 Å². The van der Waals surface area contributed by atoms with Crippen LogP contribution in [-0.2, 0) is 0 Å². The van der Waals surface area contributed by atoms with E-state index in [9.17, 15) is 0 Å². The molecule has 0 saturated heterocycles. The molecule has 0 amide bonds. The molecule has 8 aromatic carbocycles. The normalized spacial score (nSPS) is 11.8. The maximum absolute atomic E-state index is 2.45. The molecule has 0 aliphatic rings. The summed E-state index contributed by atoms with van der Waals surface area (Å²) in [5.74, 6) is 0. The SMILES string of the molecule is Cc1ccc(-c2cc(-c3ccc(C)c(C)c3)c3ccc4c(-c5ccc(C)c(C)c5)cc(-c5ccc(C)c(C)c5)c5ccc2c3c54)cc1C. The third-order valence-corrected chi connectivity index (χ3v) is 11.2. The van der Waals surface area contributed by atoms with Crippen LogP contribution < -0.4 is 0 Å². The molecule has 48 heavy (non-hydrogen) atoms. The zero-order valence-electron chi connectivity index (χ0n) is 29.4. The molecule has 234 valence electrons. The fraction of sp³-hybridized carbons (Fsp3) is 0.167. The molecule has 0 bridgehead atoms. The van der Waals surface area contributed by atoms with E-state index in [4.69, 9.17) is 0 Å². The van der Waals surface area contributed by atoms with Gasteiger partial charge in [-0.1, -0.05) is 97.1 Å². The van der Waals surface area contributed by atoms with Gasteiger partial charge in [0.05, 0.1) is 0 Å². The van der Waals surface area contributed by atoms with E-state index >= 15 is 0 Å². The van der Waals surface area contributed by atoms with Gasteiger partial charge in [-0.3, -0.25) is 0 Å². The number of benzene rings is 8. The first kappa shape index (κ1) is 30.2. The highest BCUT2D eigenvalue weighted by Crippen LogP contribution is 2.49. The van der Waals surface area contributed by atoms with Crippen molar-refractivity contribution in [3.8, 4) is 44.5 Å². The van der Waals surface area contributed by atoms with E-state index in [1.165, 1.54) is 121 Å². The maximum atomic E-state index is 2.45. The van der Waals surface area contributed by atoms with Crippen molar-refractivity contribution in [1.29, 1.82) is 0 Å². The molecule has 0 N–H and O–H groups in total. The van der Waals surface area contributed by atoms with Gasteiger partial charge in [-0.2, -0.15) is 0 Å². The Hall–Kier alpha value is -5.20. The smallest absolute Gasteiger partial charge is 0.00139 e. The summed E-state index contributed by atoms with van der Waals surface area (Å²) >= 11 is 0. The molecule has 0 spiro atoms. The Morgan fingerprint density at radius 3 is 0.667 bits per heavy atom. The van der Waals surface area contributed by atoms with Crippen LogP contribution in [0.2, 0.25) is 0 Å². The Morgan fingerprint density at radius 1 is 0.229 bits per heavy atom. The van der Waals surface area contributed by atoms with E-state index in [-0.39, 0.29) is 0 Å². The van der Waals surface area contributed by atoms with Crippen LogP contribution in [-0.4, -0.2) is 0 Å². The van der Waals surface area contributed by atoms with Crippen LogP contribution in [0.15, 0.2) is 109 Å². The highest BCUT2D eigenvalue weighted by Gasteiger charge is 2.21. The standard InChI is InChI=1S/C48H42/c1-27-9-13-35(21-31(27)5)43-25-44(36-14-10-28(2)32(6)22-36)40-19-20-42-46(38-16-12-30(4)34(8)24-38)26-45(37-15-11-29(3)33(7)23-37)41-18-17-39(43)47(40)48(41)42/h9-26H,1-8H3. The van der Waals surface area contributed by atoms with Crippen molar-refractivity contribution < 1.29 is 0 Å². The summed E-state index contributed by atoms with van der Waals surface area (Å²) in [5, 5.41) is 7.93. The van der Waals surface area contributed by atoms with Crippen LogP contribution in [0.4, 0.5) is 0 Å². The first-order valence-corrected chi connectivity index (χ1v) is 17.2. The van der Waals surface area contributed by atoms with Crippen LogP contribution in [0.1, 0.15) is 44.5 Å². The fourth-order valence-electron chi connectivity index (χ4n) is 7.58. The van der Waals surface area contributed by atoms with Crippen LogP contribution in [0.3, 0.4) is 0 Å². The van der Waals surface area contributed by atoms with Gasteiger partial charge in [0.25, 0.3) is 0 Å². The molecular formula is C48H42. The van der Waals surface area contributed by atoms with E-state index in [0.29, 0.717) is 0 Å². The average molecular weight is 619 g/mol. The summed E-state index contributed by atoms with van der Waals surface area (Å²) in [6, 6.07) is 42.2. The Kier molecular flexibility index (Phi) is 7.04. The summed E-state index contributed by atoms with van der Waals surface area (Å²) in [4.78, 5) is 0. The Bertz CT molecular complexity index is 2220. The van der Waals surface area contributed by atoms with E-state index in [1.54, 1.807) is 0 Å². The molecule has 8 aromatic rings. The second kappa shape index (κ2) is 11.2. The third-order valence-electron chi connectivity index (χ3n) is 11.2. The molecule has 0 aromatic heterocycles. The summed E-state index contributed by atoms with van der Waals surface area (Å²) in [5.41, 5.74) is 20.8. The lowest BCUT2D eigenvalue weighted by Gasteiger charge is -2.22. The van der Waals surface area contributed by atoms with Crippen LogP contribution in [0.5, 0.6) is 0 Å². The fourth-order valence-corrected chi connectivity index (χ4v) is 7.58. The van der Waals surface area contributed by atoms with Crippen LogP contribution >= 0.6 is 0 Å². The van der Waals surface area contributed by atoms with Gasteiger partial charge in [-0.25, -0.2) is 0 Å². The van der Waals surface area contributed by atoms with Gasteiger partial charge in [0.1, 0.15) is 0 Å². The average Bonchev–Trinajstić information content (AvgIpc) is 3.08. The minimum atomic E-state index is 1.27. The van der Waals surface area contributed by atoms with Gasteiger partial charge >= 0.3 is 0 Å². The largest absolute Gasteiger partial charge is 0.0584 e. The van der Waals surface area contributed by atoms with Crippen molar-refractivity contribution in [3.05, 3.63) is 154 Å². The lowest BCUT2D eigenvalue weighted by molar-refractivity contribution is 1.34. The molecule has 0 heteroatoms. The van der Waals surface area contributed by atoms with Crippen molar-refractivity contribution in [2.24, 2.45) is 0 Å². The van der Waals surface area contributed by atoms with Crippen molar-refractivity contribution in [2.75, 3.05) is 0 Å². The second-order valence-electron chi connectivity index (χ2n) is 14.2. The minimum absolute atomic E-state index is 1.27. The Balaban J connectivity index is 1.57. The van der Waals surface area contributed by atoms with Crippen molar-refractivity contribution >= 4 is 32.3 Å². The lowest BCUT2D eigenvalue weighted by Crippen LogP contribution is -1.95. The van der Waals surface area contributed by atoms with Crippen molar-refractivity contribution in [3.63, 3.8) is 0 Å². The molecule has 0 atom stereocenters. The topological polar surface area (TPSA) is 0 Å². The van der Waals surface area contributed by atoms with E-state index in [1.807, 2.05) is 0 Å². The number of hydrogen-bond donors (Lipinski definition) is 0. The molecule has 0 aliphatic heterocycles. The lowest BCUT2D eigenvalue weighted by atomic mass is 9.81. The molecule has 0 fully saturated rings. The van der Waals surface area contributed by atoms with E-state index in [2.05, 4.69) is 165 Å². The predicted octanol–water partition coefficient (Wildman–Crippen LogP) is 13.7. The monoisotopic (exact) mass is 618 g/mol. The van der Waals surface area contributed by atoms with Crippen molar-refractivity contribution in [2.45, 2.75) is 55.4 Å². The zero-order chi connectivity index (χ0) is 33.4. The second-order valence-corrected chi connectivity index (χ2v) is 14.2. The number of rotatable bonds is 4. The molecular weight excluding hydrogens is 577 g/mol. The first-order chi connectivity index (χ1) is 23.1. The van der Waals surface area contributed by atoms with Gasteiger partial charge in [-0.15, -0.1) is 0 Å². The van der Waals surface area contributed by atoms with Gasteiger partial charge in [-0.05, 0) is 189 Å². The Morgan fingerprint density at radius 2 is 0.458 bits per heavy atom. The first-order valence-electron chi connectivity index (χ1n) is 17.2.